The normalized spacial score (nSPS) is 11.9. The average Bonchev–Trinajstić information content (AvgIpc) is 3.18. The SMILES string of the molecule is Cc1ccc(-n2c(C)nnc2S[C@H](C[N+](=O)[O-])c2ccccc2OCc2ccc(Cl)cc2Cl)cc1. The van der Waals surface area contributed by atoms with Crippen molar-refractivity contribution in [2.24, 2.45) is 0 Å². The molecule has 0 spiro atoms. The van der Waals surface area contributed by atoms with Crippen LogP contribution in [0.5, 0.6) is 5.75 Å². The van der Waals surface area contributed by atoms with E-state index in [1.807, 2.05) is 60.9 Å². The number of thioether (sulfide) groups is 1. The molecule has 3 aromatic carbocycles. The van der Waals surface area contributed by atoms with Crippen molar-refractivity contribution in [2.75, 3.05) is 6.54 Å². The van der Waals surface area contributed by atoms with Crippen molar-refractivity contribution in [3.8, 4) is 11.4 Å². The second-order valence-corrected chi connectivity index (χ2v) is 9.90. The fourth-order valence-electron chi connectivity index (χ4n) is 3.54. The number of benzene rings is 3. The lowest BCUT2D eigenvalue weighted by molar-refractivity contribution is -0.479. The second kappa shape index (κ2) is 11.1. The van der Waals surface area contributed by atoms with Gasteiger partial charge in [-0.15, -0.1) is 10.2 Å². The van der Waals surface area contributed by atoms with Crippen molar-refractivity contribution in [1.29, 1.82) is 0 Å². The third-order valence-corrected chi connectivity index (χ3v) is 7.06. The Bertz CT molecular complexity index is 1350. The number of halogens is 2. The smallest absolute Gasteiger partial charge is 0.220 e. The molecule has 0 aliphatic rings. The average molecular weight is 529 g/mol. The fourth-order valence-corrected chi connectivity index (χ4v) is 5.21. The van der Waals surface area contributed by atoms with Crippen LogP contribution >= 0.6 is 35.0 Å². The molecule has 0 bridgehead atoms. The molecule has 1 aromatic heterocycles. The first-order chi connectivity index (χ1) is 16.8. The molecule has 0 aliphatic heterocycles. The van der Waals surface area contributed by atoms with E-state index in [1.165, 1.54) is 11.8 Å². The van der Waals surface area contributed by atoms with Gasteiger partial charge in [0, 0.05) is 31.8 Å². The van der Waals surface area contributed by atoms with Gasteiger partial charge in [-0.1, -0.05) is 76.9 Å². The van der Waals surface area contributed by atoms with Gasteiger partial charge in [-0.25, -0.2) is 0 Å². The van der Waals surface area contributed by atoms with Crippen molar-refractivity contribution in [3.05, 3.63) is 109 Å². The zero-order valence-corrected chi connectivity index (χ0v) is 21.3. The van der Waals surface area contributed by atoms with Crippen molar-refractivity contribution in [2.45, 2.75) is 30.9 Å². The highest BCUT2D eigenvalue weighted by Crippen LogP contribution is 2.40. The zero-order valence-electron chi connectivity index (χ0n) is 19.0. The quantitative estimate of drug-likeness (QED) is 0.134. The van der Waals surface area contributed by atoms with Crippen LogP contribution in [0.3, 0.4) is 0 Å². The highest BCUT2D eigenvalue weighted by atomic mass is 35.5. The molecule has 1 heterocycles. The van der Waals surface area contributed by atoms with E-state index in [0.717, 1.165) is 16.8 Å². The van der Waals surface area contributed by atoms with Crippen LogP contribution in [-0.4, -0.2) is 26.2 Å². The lowest BCUT2D eigenvalue weighted by Crippen LogP contribution is -2.12. The number of aromatic nitrogens is 3. The Kier molecular flexibility index (Phi) is 7.95. The van der Waals surface area contributed by atoms with Crippen molar-refractivity contribution >= 4 is 35.0 Å². The van der Waals surface area contributed by atoms with Crippen LogP contribution in [0.25, 0.3) is 5.69 Å². The van der Waals surface area contributed by atoms with Gasteiger partial charge in [0.1, 0.15) is 23.4 Å². The van der Waals surface area contributed by atoms with Gasteiger partial charge >= 0.3 is 0 Å². The molecule has 0 radical (unpaired) electrons. The number of nitrogens with zero attached hydrogens (tertiary/aromatic N) is 4. The van der Waals surface area contributed by atoms with Crippen molar-refractivity contribution in [1.82, 2.24) is 14.8 Å². The van der Waals surface area contributed by atoms with Crippen LogP contribution in [0, 0.1) is 24.0 Å². The lowest BCUT2D eigenvalue weighted by Gasteiger charge is -2.18. The molecular formula is C25H22Cl2N4O3S. The number of hydrogen-bond acceptors (Lipinski definition) is 6. The molecule has 0 unspecified atom stereocenters. The maximum atomic E-state index is 11.6. The summed E-state index contributed by atoms with van der Waals surface area (Å²) in [6.45, 7) is 3.75. The number of rotatable bonds is 9. The third-order valence-electron chi connectivity index (χ3n) is 5.31. The van der Waals surface area contributed by atoms with Gasteiger partial charge < -0.3 is 4.74 Å². The molecule has 35 heavy (non-hydrogen) atoms. The fraction of sp³-hybridized carbons (Fsp3) is 0.200. The second-order valence-electron chi connectivity index (χ2n) is 7.88. The summed E-state index contributed by atoms with van der Waals surface area (Å²) >= 11 is 13.6. The summed E-state index contributed by atoms with van der Waals surface area (Å²) in [5.74, 6) is 1.23. The highest BCUT2D eigenvalue weighted by Gasteiger charge is 2.26. The lowest BCUT2D eigenvalue weighted by atomic mass is 10.1. The van der Waals surface area contributed by atoms with E-state index in [0.29, 0.717) is 32.3 Å². The van der Waals surface area contributed by atoms with E-state index in [1.54, 1.807) is 24.3 Å². The maximum Gasteiger partial charge on any atom is 0.220 e. The summed E-state index contributed by atoms with van der Waals surface area (Å²) in [5.41, 5.74) is 3.48. The Balaban J connectivity index is 1.64. The molecule has 0 fully saturated rings. The molecule has 180 valence electrons. The van der Waals surface area contributed by atoms with Gasteiger partial charge in [0.2, 0.25) is 6.54 Å². The minimum Gasteiger partial charge on any atom is -0.489 e. The zero-order chi connectivity index (χ0) is 24.9. The molecular weight excluding hydrogens is 507 g/mol. The standard InChI is InChI=1S/C25H22Cl2N4O3S/c1-16-7-11-20(12-8-16)31-17(2)28-29-25(31)35-24(14-30(32)33)21-5-3-4-6-23(21)34-15-18-9-10-19(26)13-22(18)27/h3-13,24H,14-15H2,1-2H3/t24-/m1/s1. The van der Waals surface area contributed by atoms with Crippen LogP contribution in [0.15, 0.2) is 71.9 Å². The van der Waals surface area contributed by atoms with Crippen molar-refractivity contribution < 1.29 is 9.66 Å². The monoisotopic (exact) mass is 528 g/mol. The Morgan fingerprint density at radius 1 is 1.06 bits per heavy atom. The molecule has 7 nitrogen and oxygen atoms in total. The van der Waals surface area contributed by atoms with E-state index in [2.05, 4.69) is 10.2 Å². The number of hydrogen-bond donors (Lipinski definition) is 0. The number of nitro groups is 1. The maximum absolute atomic E-state index is 11.6. The minimum atomic E-state index is -0.560. The molecule has 0 amide bonds. The summed E-state index contributed by atoms with van der Waals surface area (Å²) < 4.78 is 7.97. The van der Waals surface area contributed by atoms with E-state index in [-0.39, 0.29) is 18.1 Å². The van der Waals surface area contributed by atoms with Gasteiger partial charge in [-0.3, -0.25) is 14.7 Å². The number of ether oxygens (including phenoxy) is 1. The third kappa shape index (κ3) is 6.14. The van der Waals surface area contributed by atoms with E-state index in [4.69, 9.17) is 27.9 Å². The highest BCUT2D eigenvalue weighted by molar-refractivity contribution is 7.99. The summed E-state index contributed by atoms with van der Waals surface area (Å²) in [4.78, 5) is 11.3. The van der Waals surface area contributed by atoms with E-state index < -0.39 is 5.25 Å². The molecule has 4 aromatic rings. The van der Waals surface area contributed by atoms with Gasteiger partial charge in [0.15, 0.2) is 5.16 Å². The Morgan fingerprint density at radius 3 is 2.51 bits per heavy atom. The Morgan fingerprint density at radius 2 is 1.80 bits per heavy atom. The van der Waals surface area contributed by atoms with E-state index in [9.17, 15) is 10.1 Å². The molecule has 0 aliphatic carbocycles. The number of aryl methyl sites for hydroxylation is 2. The predicted octanol–water partition coefficient (Wildman–Crippen LogP) is 6.88. The van der Waals surface area contributed by atoms with Crippen LogP contribution in [0.4, 0.5) is 0 Å². The van der Waals surface area contributed by atoms with Gasteiger partial charge in [0.05, 0.1) is 0 Å². The Labute approximate surface area is 217 Å². The first kappa shape index (κ1) is 25.0. The van der Waals surface area contributed by atoms with E-state index >= 15 is 0 Å². The molecule has 0 saturated heterocycles. The van der Waals surface area contributed by atoms with Crippen LogP contribution in [0.1, 0.15) is 27.8 Å². The number of para-hydroxylation sites is 1. The van der Waals surface area contributed by atoms with Crippen LogP contribution in [-0.2, 0) is 6.61 Å². The summed E-state index contributed by atoms with van der Waals surface area (Å²) in [5, 5.41) is 21.2. The molecule has 0 N–H and O–H groups in total. The summed E-state index contributed by atoms with van der Waals surface area (Å²) in [6, 6.07) is 20.4. The predicted molar refractivity (Wildman–Crippen MR) is 139 cm³/mol. The summed E-state index contributed by atoms with van der Waals surface area (Å²) in [6.07, 6.45) is 0. The first-order valence-electron chi connectivity index (χ1n) is 10.7. The summed E-state index contributed by atoms with van der Waals surface area (Å²) in [7, 11) is 0. The van der Waals surface area contributed by atoms with Crippen LogP contribution in [0.2, 0.25) is 10.0 Å². The van der Waals surface area contributed by atoms with Gasteiger partial charge in [-0.2, -0.15) is 0 Å². The molecule has 0 saturated carbocycles. The van der Waals surface area contributed by atoms with Crippen LogP contribution < -0.4 is 4.74 Å². The minimum absolute atomic E-state index is 0.196. The molecule has 1 atom stereocenters. The van der Waals surface area contributed by atoms with Gasteiger partial charge in [-0.05, 0) is 44.2 Å². The molecule has 10 heteroatoms. The van der Waals surface area contributed by atoms with Gasteiger partial charge in [0.25, 0.3) is 0 Å². The molecule has 4 rings (SSSR count). The van der Waals surface area contributed by atoms with Crippen molar-refractivity contribution in [3.63, 3.8) is 0 Å². The largest absolute Gasteiger partial charge is 0.489 e. The Hall–Kier alpha value is -3.07. The topological polar surface area (TPSA) is 83.1 Å². The first-order valence-corrected chi connectivity index (χ1v) is 12.4.